The Kier molecular flexibility index (Phi) is 5.00. The Morgan fingerprint density at radius 2 is 2.00 bits per heavy atom. The summed E-state index contributed by atoms with van der Waals surface area (Å²) in [6.07, 6.45) is 0.781. The number of carbonyl (C=O) groups is 2. The zero-order valence-electron chi connectivity index (χ0n) is 12.0. The van der Waals surface area contributed by atoms with Crippen molar-refractivity contribution in [3.05, 3.63) is 28.8 Å². The lowest BCUT2D eigenvalue weighted by molar-refractivity contribution is 0.0698. The number of carboxylic acid groups (broad SMARTS) is 1. The molecule has 1 rings (SSSR count). The van der Waals surface area contributed by atoms with Crippen LogP contribution in [0.5, 0.6) is 0 Å². The van der Waals surface area contributed by atoms with E-state index in [0.717, 1.165) is 6.42 Å². The molecule has 0 aliphatic carbocycles. The number of benzene rings is 1. The van der Waals surface area contributed by atoms with E-state index in [0.29, 0.717) is 5.02 Å². The van der Waals surface area contributed by atoms with Gasteiger partial charge in [0.25, 0.3) is 0 Å². The van der Waals surface area contributed by atoms with Crippen LogP contribution in [0.2, 0.25) is 5.02 Å². The molecule has 1 aromatic rings. The molecular weight excluding hydrogens is 280 g/mol. The number of carbonyl (C=O) groups excluding carboxylic acids is 1. The Hall–Kier alpha value is -1.75. The summed E-state index contributed by atoms with van der Waals surface area (Å²) in [5, 5.41) is 12.0. The van der Waals surface area contributed by atoms with E-state index in [4.69, 9.17) is 16.7 Å². The van der Waals surface area contributed by atoms with Gasteiger partial charge in [-0.3, -0.25) is 0 Å². The quantitative estimate of drug-likeness (QED) is 0.890. The van der Waals surface area contributed by atoms with Crippen LogP contribution in [-0.2, 0) is 0 Å². The van der Waals surface area contributed by atoms with Gasteiger partial charge in [0.1, 0.15) is 0 Å². The van der Waals surface area contributed by atoms with Crippen molar-refractivity contribution in [2.45, 2.75) is 32.7 Å². The van der Waals surface area contributed by atoms with Crippen LogP contribution in [0.25, 0.3) is 0 Å². The molecule has 0 aliphatic rings. The highest BCUT2D eigenvalue weighted by Crippen LogP contribution is 2.23. The van der Waals surface area contributed by atoms with Crippen molar-refractivity contribution in [1.82, 2.24) is 4.90 Å². The minimum Gasteiger partial charge on any atom is -0.478 e. The summed E-state index contributed by atoms with van der Waals surface area (Å²) in [5.41, 5.74) is -0.126. The van der Waals surface area contributed by atoms with E-state index in [1.165, 1.54) is 18.2 Å². The fourth-order valence-corrected chi connectivity index (χ4v) is 1.69. The molecule has 0 spiro atoms. The fraction of sp³-hybridized carbons (Fsp3) is 0.429. The zero-order chi connectivity index (χ0) is 15.5. The van der Waals surface area contributed by atoms with E-state index in [9.17, 15) is 9.59 Å². The van der Waals surface area contributed by atoms with E-state index >= 15 is 0 Å². The first-order valence-electron chi connectivity index (χ1n) is 6.26. The second kappa shape index (κ2) is 6.13. The van der Waals surface area contributed by atoms with Crippen LogP contribution in [-0.4, -0.2) is 34.6 Å². The minimum absolute atomic E-state index is 0.0337. The van der Waals surface area contributed by atoms with Gasteiger partial charge in [0.15, 0.2) is 0 Å². The van der Waals surface area contributed by atoms with Gasteiger partial charge in [-0.1, -0.05) is 18.5 Å². The van der Waals surface area contributed by atoms with Crippen molar-refractivity contribution in [3.8, 4) is 0 Å². The molecule has 0 radical (unpaired) electrons. The molecule has 5 nitrogen and oxygen atoms in total. The maximum Gasteiger partial charge on any atom is 0.337 e. The molecule has 0 aliphatic heterocycles. The molecule has 110 valence electrons. The number of anilines is 1. The van der Waals surface area contributed by atoms with Crippen molar-refractivity contribution in [1.29, 1.82) is 0 Å². The third-order valence-corrected chi connectivity index (χ3v) is 3.77. The monoisotopic (exact) mass is 298 g/mol. The van der Waals surface area contributed by atoms with Gasteiger partial charge in [0.2, 0.25) is 0 Å². The number of carboxylic acids is 1. The average Bonchev–Trinajstić information content (AvgIpc) is 2.39. The lowest BCUT2D eigenvalue weighted by Crippen LogP contribution is -2.46. The molecule has 0 heterocycles. The van der Waals surface area contributed by atoms with Crippen molar-refractivity contribution in [3.63, 3.8) is 0 Å². The van der Waals surface area contributed by atoms with Crippen molar-refractivity contribution < 1.29 is 14.7 Å². The molecule has 0 unspecified atom stereocenters. The number of nitrogens with one attached hydrogen (secondary N) is 1. The molecule has 0 saturated heterocycles. The Bertz CT molecular complexity index is 529. The van der Waals surface area contributed by atoms with Gasteiger partial charge in [0.05, 0.1) is 11.3 Å². The van der Waals surface area contributed by atoms with Gasteiger partial charge < -0.3 is 15.3 Å². The van der Waals surface area contributed by atoms with Gasteiger partial charge in [-0.25, -0.2) is 9.59 Å². The Balaban J connectivity index is 3.00. The minimum atomic E-state index is -1.14. The van der Waals surface area contributed by atoms with E-state index in [1.54, 1.807) is 11.9 Å². The largest absolute Gasteiger partial charge is 0.478 e. The molecule has 0 saturated carbocycles. The topological polar surface area (TPSA) is 69.6 Å². The third kappa shape index (κ3) is 3.63. The van der Waals surface area contributed by atoms with Crippen LogP contribution in [0.15, 0.2) is 18.2 Å². The summed E-state index contributed by atoms with van der Waals surface area (Å²) in [6, 6.07) is 3.97. The molecule has 2 N–H and O–H groups in total. The van der Waals surface area contributed by atoms with Crippen LogP contribution in [0.1, 0.15) is 37.6 Å². The third-order valence-electron chi connectivity index (χ3n) is 3.53. The van der Waals surface area contributed by atoms with Gasteiger partial charge in [-0.05, 0) is 38.5 Å². The van der Waals surface area contributed by atoms with Crippen molar-refractivity contribution >= 4 is 29.3 Å². The first-order valence-corrected chi connectivity index (χ1v) is 6.64. The number of urea groups is 1. The van der Waals surface area contributed by atoms with Gasteiger partial charge >= 0.3 is 12.0 Å². The van der Waals surface area contributed by atoms with Crippen LogP contribution < -0.4 is 5.32 Å². The molecular formula is C14H19ClN2O3. The summed E-state index contributed by atoms with van der Waals surface area (Å²) in [7, 11) is 1.68. The number of nitrogens with zero attached hydrogens (tertiary/aromatic N) is 1. The molecule has 0 fully saturated rings. The normalized spacial score (nSPS) is 11.1. The number of rotatable bonds is 4. The van der Waals surface area contributed by atoms with E-state index in [2.05, 4.69) is 5.32 Å². The summed E-state index contributed by atoms with van der Waals surface area (Å²) in [6.45, 7) is 5.86. The highest BCUT2D eigenvalue weighted by molar-refractivity contribution is 6.31. The lowest BCUT2D eigenvalue weighted by Gasteiger charge is -2.34. The Morgan fingerprint density at radius 1 is 1.40 bits per heavy atom. The van der Waals surface area contributed by atoms with Crippen molar-refractivity contribution in [2.75, 3.05) is 12.4 Å². The first kappa shape index (κ1) is 16.3. The number of hydrogen-bond acceptors (Lipinski definition) is 2. The predicted octanol–water partition coefficient (Wildman–Crippen LogP) is 3.69. The number of amides is 2. The maximum atomic E-state index is 12.2. The molecule has 2 amide bonds. The summed E-state index contributed by atoms with van der Waals surface area (Å²) >= 11 is 5.77. The van der Waals surface area contributed by atoms with Gasteiger partial charge in [-0.2, -0.15) is 0 Å². The smallest absolute Gasteiger partial charge is 0.337 e. The van der Waals surface area contributed by atoms with Crippen LogP contribution in [0.3, 0.4) is 0 Å². The van der Waals surface area contributed by atoms with Crippen LogP contribution in [0.4, 0.5) is 10.5 Å². The molecule has 0 atom stereocenters. The number of aromatic carboxylic acids is 1. The van der Waals surface area contributed by atoms with Gasteiger partial charge in [0, 0.05) is 17.6 Å². The fourth-order valence-electron chi connectivity index (χ4n) is 1.51. The lowest BCUT2D eigenvalue weighted by atomic mass is 10.0. The standard InChI is InChI=1S/C14H19ClN2O3/c1-5-14(2,3)17(4)13(20)16-11-7-6-9(15)8-10(11)12(18)19/h6-8H,5H2,1-4H3,(H,16,20)(H,18,19). The van der Waals surface area contributed by atoms with Gasteiger partial charge in [-0.15, -0.1) is 0 Å². The predicted molar refractivity (Wildman–Crippen MR) is 79.6 cm³/mol. The second-order valence-electron chi connectivity index (χ2n) is 5.15. The zero-order valence-corrected chi connectivity index (χ0v) is 12.8. The Labute approximate surface area is 123 Å². The number of hydrogen-bond donors (Lipinski definition) is 2. The summed E-state index contributed by atoms with van der Waals surface area (Å²) < 4.78 is 0. The molecule has 1 aromatic carbocycles. The second-order valence-corrected chi connectivity index (χ2v) is 5.59. The average molecular weight is 299 g/mol. The molecule has 6 heteroatoms. The first-order chi connectivity index (χ1) is 9.19. The van der Waals surface area contributed by atoms with E-state index in [-0.39, 0.29) is 22.8 Å². The van der Waals surface area contributed by atoms with E-state index in [1.807, 2.05) is 20.8 Å². The number of halogens is 1. The summed E-state index contributed by atoms with van der Waals surface area (Å²) in [5.74, 6) is -1.14. The SMILES string of the molecule is CCC(C)(C)N(C)C(=O)Nc1ccc(Cl)cc1C(=O)O. The van der Waals surface area contributed by atoms with Crippen molar-refractivity contribution in [2.24, 2.45) is 0 Å². The molecule has 0 bridgehead atoms. The molecule has 0 aromatic heterocycles. The maximum absolute atomic E-state index is 12.2. The highest BCUT2D eigenvalue weighted by atomic mass is 35.5. The Morgan fingerprint density at radius 3 is 2.50 bits per heavy atom. The molecule has 20 heavy (non-hydrogen) atoms. The van der Waals surface area contributed by atoms with Crippen LogP contribution >= 0.6 is 11.6 Å². The van der Waals surface area contributed by atoms with Crippen LogP contribution in [0, 0.1) is 0 Å². The highest BCUT2D eigenvalue weighted by Gasteiger charge is 2.26. The summed E-state index contributed by atoms with van der Waals surface area (Å²) in [4.78, 5) is 24.9. The van der Waals surface area contributed by atoms with E-state index < -0.39 is 5.97 Å².